The quantitative estimate of drug-likeness (QED) is 0.0633. The number of halogens is 1. The SMILES string of the molecule is CCC(C)(C)C(=O)OC1(C)CCC(=O)O1.CCC(C)(C)C(=O)OC1(C)CCOC(=O)C1.CCC(C)(C)C(=O)OC12CCCC1OC(=O)C2.CCC(C)(C)C(=O)OC1C(=O)OCC1O.CCC(C)(C)C(=O)OC1CCOC1=O.CCC(C)(C)C(=O)OC1COC(=O)C1.CCC(C)(C)C(=O)OC1COC(=O)C1Cl. The summed E-state index contributed by atoms with van der Waals surface area (Å²) in [6.45, 7) is 43.0. The van der Waals surface area contributed by atoms with E-state index in [0.717, 1.165) is 25.7 Å². The summed E-state index contributed by atoms with van der Waals surface area (Å²) in [5.74, 6) is -6.03. The van der Waals surface area contributed by atoms with E-state index in [1.165, 1.54) is 0 Å². The summed E-state index contributed by atoms with van der Waals surface area (Å²) in [5.41, 5.74) is -5.09. The predicted octanol–water partition coefficient (Wildman–Crippen LogP) is 10.6. The fraction of sp³-hybridized carbons (Fsp3) is 0.816. The fourth-order valence-corrected chi connectivity index (χ4v) is 9.37. The molecule has 29 nitrogen and oxygen atoms in total. The third-order valence-corrected chi connectivity index (χ3v) is 21.0. The maximum atomic E-state index is 12.1. The standard InChI is InChI=1S/C13H20O4.C12H20O4.C11H18O4.C10H15ClO4.C10H16O5.2C10H16O4/c1-4-12(2,3)11(15)17-13-7-5-6-9(13)16-10(14)8-13;1-5-11(2,3)10(14)16-12(4)6-7-15-9(13)8-12;1-5-10(2,3)9(13)15-11(4)7-6-8(12)14-11;1-4-10(2,3)9(13)15-6-5-14-8(12)7(6)11;1-4-10(2,3)9(13)15-7-6(11)5-14-8(7)12;1-4-10(2,3)9(12)14-7-5-8(11)13-6-7;1-4-10(2,3)9(12)14-7-5-6-13-8(7)11/h9H,4-8H2,1-3H3;5-8H2,1-4H3;5-7H2,1-4H3;6-7H,4-5H2,1-3H3;6-7,11H,4-5H2,1-3H3;2*7H,4-6H2,1-3H3. The molecule has 0 aromatic heterocycles. The number of carbonyl (C=O) groups is 14. The average molecular weight is 1530 g/mol. The van der Waals surface area contributed by atoms with Crippen LogP contribution in [0.5, 0.6) is 0 Å². The van der Waals surface area contributed by atoms with Crippen LogP contribution in [-0.4, -0.2) is 181 Å². The molecule has 8 rings (SSSR count). The highest BCUT2D eigenvalue weighted by Gasteiger charge is 2.56. The molecule has 606 valence electrons. The van der Waals surface area contributed by atoms with Crippen LogP contribution in [0, 0.1) is 37.9 Å². The molecule has 7 aliphatic heterocycles. The summed E-state index contributed by atoms with van der Waals surface area (Å²) in [6, 6.07) is 0. The van der Waals surface area contributed by atoms with Gasteiger partial charge >= 0.3 is 83.6 Å². The van der Waals surface area contributed by atoms with Gasteiger partial charge in [-0.05, 0) is 168 Å². The van der Waals surface area contributed by atoms with Crippen LogP contribution in [0.3, 0.4) is 0 Å². The van der Waals surface area contributed by atoms with E-state index >= 15 is 0 Å². The van der Waals surface area contributed by atoms with E-state index in [0.29, 0.717) is 77.4 Å². The van der Waals surface area contributed by atoms with Crippen LogP contribution in [0.1, 0.15) is 268 Å². The largest absolute Gasteiger partial charge is 0.465 e. The zero-order chi connectivity index (χ0) is 81.6. The summed E-state index contributed by atoms with van der Waals surface area (Å²) >= 11 is 5.71. The summed E-state index contributed by atoms with van der Waals surface area (Å²) < 4.78 is 70.3. The lowest BCUT2D eigenvalue weighted by Gasteiger charge is -2.35. The van der Waals surface area contributed by atoms with Gasteiger partial charge in [-0.15, -0.1) is 11.6 Å². The van der Waals surface area contributed by atoms with Gasteiger partial charge in [0.1, 0.15) is 43.7 Å². The predicted molar refractivity (Wildman–Crippen MR) is 378 cm³/mol. The van der Waals surface area contributed by atoms with Crippen LogP contribution < -0.4 is 0 Å². The van der Waals surface area contributed by atoms with Crippen molar-refractivity contribution in [2.24, 2.45) is 37.9 Å². The van der Waals surface area contributed by atoms with Crippen LogP contribution in [0.4, 0.5) is 0 Å². The van der Waals surface area contributed by atoms with Gasteiger partial charge in [-0.25, -0.2) is 9.59 Å². The molecule has 106 heavy (non-hydrogen) atoms. The van der Waals surface area contributed by atoms with E-state index in [4.69, 9.17) is 68.4 Å². The summed E-state index contributed by atoms with van der Waals surface area (Å²) in [4.78, 5) is 159. The molecule has 10 atom stereocenters. The van der Waals surface area contributed by atoms with Gasteiger partial charge in [-0.3, -0.25) is 57.5 Å². The van der Waals surface area contributed by atoms with Crippen molar-refractivity contribution in [3.05, 3.63) is 0 Å². The molecule has 0 aromatic rings. The lowest BCUT2D eigenvalue weighted by Crippen LogP contribution is -2.43. The van der Waals surface area contributed by atoms with Crippen LogP contribution >= 0.6 is 11.6 Å². The van der Waals surface area contributed by atoms with Gasteiger partial charge in [-0.1, -0.05) is 48.5 Å². The number of fused-ring (bicyclic) bond motifs is 1. The van der Waals surface area contributed by atoms with Crippen molar-refractivity contribution in [2.75, 3.05) is 33.0 Å². The summed E-state index contributed by atoms with van der Waals surface area (Å²) in [7, 11) is 0. The Morgan fingerprint density at radius 3 is 1.33 bits per heavy atom. The molecule has 1 saturated carbocycles. The fourth-order valence-electron chi connectivity index (χ4n) is 9.18. The van der Waals surface area contributed by atoms with Crippen LogP contribution in [0.15, 0.2) is 0 Å². The zero-order valence-electron chi connectivity index (χ0n) is 66.9. The molecule has 0 bridgehead atoms. The Balaban J connectivity index is 0.000000420. The molecule has 0 amide bonds. The molecule has 30 heteroatoms. The maximum Gasteiger partial charge on any atom is 0.350 e. The van der Waals surface area contributed by atoms with Crippen molar-refractivity contribution < 1.29 is 139 Å². The third-order valence-electron chi connectivity index (χ3n) is 20.5. The second-order valence-electron chi connectivity index (χ2n) is 32.4. The molecule has 0 radical (unpaired) electrons. The van der Waals surface area contributed by atoms with Gasteiger partial charge < -0.3 is 71.4 Å². The number of aliphatic hydroxyl groups excluding tert-OH is 1. The monoisotopic (exact) mass is 1530 g/mol. The third kappa shape index (κ3) is 28.4. The number of aliphatic hydroxyl groups is 1. The van der Waals surface area contributed by atoms with Crippen molar-refractivity contribution in [1.29, 1.82) is 0 Å². The molecular weight excluding hydrogens is 1410 g/mol. The minimum absolute atomic E-state index is 0.0541. The van der Waals surface area contributed by atoms with Crippen LogP contribution in [0.2, 0.25) is 0 Å². The molecule has 10 unspecified atom stereocenters. The molecule has 1 aliphatic carbocycles. The van der Waals surface area contributed by atoms with Gasteiger partial charge in [0.2, 0.25) is 12.2 Å². The molecular formula is C76H121ClO29. The number of alkyl halides is 1. The average Bonchev–Trinajstić information content (AvgIpc) is 1.61. The Labute approximate surface area is 629 Å². The Kier molecular flexibility index (Phi) is 35.6. The smallest absolute Gasteiger partial charge is 0.350 e. The molecule has 1 N–H and O–H groups in total. The second-order valence-corrected chi connectivity index (χ2v) is 32.9. The minimum Gasteiger partial charge on any atom is -0.465 e. The van der Waals surface area contributed by atoms with Gasteiger partial charge in [0.05, 0.1) is 76.8 Å². The van der Waals surface area contributed by atoms with Gasteiger partial charge in [-0.2, -0.15) is 0 Å². The van der Waals surface area contributed by atoms with Crippen molar-refractivity contribution in [3.63, 3.8) is 0 Å². The summed E-state index contributed by atoms with van der Waals surface area (Å²) in [5, 5.41) is 8.45. The van der Waals surface area contributed by atoms with E-state index in [9.17, 15) is 72.2 Å². The Morgan fingerprint density at radius 2 is 0.915 bits per heavy atom. The van der Waals surface area contributed by atoms with Crippen LogP contribution in [0.25, 0.3) is 0 Å². The molecule has 0 aromatic carbocycles. The van der Waals surface area contributed by atoms with E-state index < -0.39 is 109 Å². The molecule has 8 fully saturated rings. The number of rotatable bonds is 21. The zero-order valence-corrected chi connectivity index (χ0v) is 67.6. The minimum atomic E-state index is -1.16. The number of esters is 14. The second kappa shape index (κ2) is 39.8. The van der Waals surface area contributed by atoms with E-state index in [2.05, 4.69) is 9.47 Å². The highest BCUT2D eigenvalue weighted by molar-refractivity contribution is 6.31. The normalized spacial score (nSPS) is 26.0. The Hall–Kier alpha value is -7.17. The Bertz CT molecular complexity index is 3090. The first kappa shape index (κ1) is 94.9. The first-order chi connectivity index (χ1) is 48.7. The molecule has 8 aliphatic rings. The number of carbonyl (C=O) groups excluding carboxylic acids is 14. The molecule has 0 spiro atoms. The van der Waals surface area contributed by atoms with Crippen LogP contribution in [-0.2, 0) is 133 Å². The maximum absolute atomic E-state index is 12.1. The Morgan fingerprint density at radius 1 is 0.453 bits per heavy atom. The van der Waals surface area contributed by atoms with Crippen molar-refractivity contribution in [1.82, 2.24) is 0 Å². The van der Waals surface area contributed by atoms with E-state index in [-0.39, 0.29) is 111 Å². The van der Waals surface area contributed by atoms with Gasteiger partial charge in [0, 0.05) is 26.2 Å². The number of cyclic esters (lactones) is 6. The van der Waals surface area contributed by atoms with Crippen molar-refractivity contribution in [3.8, 4) is 0 Å². The lowest BCUT2D eigenvalue weighted by atomic mass is 9.89. The number of hydrogen-bond acceptors (Lipinski definition) is 29. The first-order valence-electron chi connectivity index (χ1n) is 36.8. The van der Waals surface area contributed by atoms with Crippen molar-refractivity contribution in [2.45, 2.75) is 327 Å². The number of hydrogen-bond donors (Lipinski definition) is 1. The van der Waals surface area contributed by atoms with E-state index in [1.807, 2.05) is 104 Å². The van der Waals surface area contributed by atoms with Crippen molar-refractivity contribution >= 4 is 95.2 Å². The van der Waals surface area contributed by atoms with E-state index in [1.54, 1.807) is 55.4 Å². The van der Waals surface area contributed by atoms with Gasteiger partial charge in [0.15, 0.2) is 17.1 Å². The summed E-state index contributed by atoms with van der Waals surface area (Å²) in [6.07, 6.45) is 5.53. The highest BCUT2D eigenvalue weighted by Crippen LogP contribution is 2.45. The van der Waals surface area contributed by atoms with Gasteiger partial charge in [0.25, 0.3) is 5.79 Å². The molecule has 7 saturated heterocycles. The number of ether oxygens (including phenoxy) is 14. The first-order valence-corrected chi connectivity index (χ1v) is 37.2. The lowest BCUT2D eigenvalue weighted by molar-refractivity contribution is -0.215. The molecule has 7 heterocycles. The highest BCUT2D eigenvalue weighted by atomic mass is 35.5. The topological polar surface area (TPSA) is 388 Å².